The summed E-state index contributed by atoms with van der Waals surface area (Å²) < 4.78 is 46.4. The van der Waals surface area contributed by atoms with Gasteiger partial charge in [0.05, 0.1) is 0 Å². The third kappa shape index (κ3) is 7.92. The fraction of sp³-hybridized carbons (Fsp3) is 0.667. The molecular formula is C18H37N2O7PSi2. The zero-order valence-electron chi connectivity index (χ0n) is 18.9. The van der Waals surface area contributed by atoms with E-state index in [1.54, 1.807) is 42.7 Å². The molecule has 1 aromatic rings. The Morgan fingerprint density at radius 2 is 1.07 bits per heavy atom. The Balaban J connectivity index is 2.71. The molecule has 0 aromatic heterocycles. The van der Waals surface area contributed by atoms with Crippen molar-refractivity contribution in [3.05, 3.63) is 30.3 Å². The van der Waals surface area contributed by atoms with Crippen molar-refractivity contribution in [2.45, 2.75) is 24.9 Å². The molecule has 0 amide bonds. The van der Waals surface area contributed by atoms with Crippen molar-refractivity contribution in [1.29, 1.82) is 0 Å². The molecule has 0 atom stereocenters. The van der Waals surface area contributed by atoms with Crippen LogP contribution in [0, 0.1) is 0 Å². The Morgan fingerprint density at radius 1 is 0.700 bits per heavy atom. The quantitative estimate of drug-likeness (QED) is 0.198. The summed E-state index contributed by atoms with van der Waals surface area (Å²) in [6.07, 6.45) is 1.40. The molecule has 0 saturated heterocycles. The largest absolute Gasteiger partial charge is 0.500 e. The average molecular weight is 481 g/mol. The highest BCUT2D eigenvalue weighted by molar-refractivity contribution is 7.67. The van der Waals surface area contributed by atoms with Crippen LogP contribution in [0.3, 0.4) is 0 Å². The standard InChI is InChI=1S/C18H37N2O7PSi2/c1-22-29(23-2,24-3)16-10-14-19-28(21,18-12-8-7-9-13-18)20-15-11-17-30(25-4,26-5)27-6/h7-9,12-13H,10-11,14-17H2,1-6H3,(H2,19,20,21). The van der Waals surface area contributed by atoms with E-state index in [2.05, 4.69) is 10.2 Å². The molecule has 0 unspecified atom stereocenters. The van der Waals surface area contributed by atoms with Gasteiger partial charge in [-0.1, -0.05) is 18.2 Å². The van der Waals surface area contributed by atoms with E-state index in [0.717, 1.165) is 5.30 Å². The van der Waals surface area contributed by atoms with E-state index >= 15 is 0 Å². The van der Waals surface area contributed by atoms with Gasteiger partial charge in [-0.15, -0.1) is 0 Å². The monoisotopic (exact) mass is 480 g/mol. The summed E-state index contributed by atoms with van der Waals surface area (Å²) in [5.74, 6) is 0. The van der Waals surface area contributed by atoms with Gasteiger partial charge in [-0.25, -0.2) is 0 Å². The van der Waals surface area contributed by atoms with Crippen molar-refractivity contribution < 1.29 is 31.1 Å². The third-order valence-electron chi connectivity index (χ3n) is 4.97. The molecule has 0 saturated carbocycles. The molecule has 9 nitrogen and oxygen atoms in total. The van der Waals surface area contributed by atoms with Gasteiger partial charge in [-0.05, 0) is 25.0 Å². The van der Waals surface area contributed by atoms with Crippen LogP contribution in [0.15, 0.2) is 30.3 Å². The number of hydrogen-bond acceptors (Lipinski definition) is 7. The molecule has 0 aliphatic rings. The summed E-state index contributed by atoms with van der Waals surface area (Å²) in [7, 11) is 1.25. The maximum Gasteiger partial charge on any atom is 0.500 e. The Labute approximate surface area is 182 Å². The lowest BCUT2D eigenvalue weighted by Gasteiger charge is -2.26. The molecule has 1 rings (SSSR count). The smallest absolute Gasteiger partial charge is 0.377 e. The van der Waals surface area contributed by atoms with Gasteiger partial charge in [0.1, 0.15) is 0 Å². The van der Waals surface area contributed by atoms with E-state index in [4.69, 9.17) is 26.6 Å². The second-order valence-electron chi connectivity index (χ2n) is 6.56. The zero-order chi connectivity index (χ0) is 22.5. The molecule has 0 bridgehead atoms. The van der Waals surface area contributed by atoms with Gasteiger partial charge in [0.15, 0.2) is 0 Å². The minimum Gasteiger partial charge on any atom is -0.377 e. The highest BCUT2D eigenvalue weighted by atomic mass is 31.2. The Kier molecular flexibility index (Phi) is 12.8. The molecule has 0 aliphatic carbocycles. The van der Waals surface area contributed by atoms with Crippen molar-refractivity contribution in [2.75, 3.05) is 55.7 Å². The van der Waals surface area contributed by atoms with Crippen molar-refractivity contribution in [3.8, 4) is 0 Å². The van der Waals surface area contributed by atoms with Crippen molar-refractivity contribution >= 4 is 30.4 Å². The van der Waals surface area contributed by atoms with Crippen LogP contribution in [0.5, 0.6) is 0 Å². The first-order chi connectivity index (χ1) is 14.4. The molecule has 1 aromatic carbocycles. The average Bonchev–Trinajstić information content (AvgIpc) is 2.81. The minimum atomic E-state index is -3.00. The second-order valence-corrected chi connectivity index (χ2v) is 15.1. The van der Waals surface area contributed by atoms with Crippen molar-refractivity contribution in [1.82, 2.24) is 10.2 Å². The fourth-order valence-electron chi connectivity index (χ4n) is 3.07. The van der Waals surface area contributed by atoms with Gasteiger partial charge in [0.25, 0.3) is 0 Å². The molecule has 0 heterocycles. The van der Waals surface area contributed by atoms with E-state index in [-0.39, 0.29) is 0 Å². The van der Waals surface area contributed by atoms with Gasteiger partial charge >= 0.3 is 17.6 Å². The maximum absolute atomic E-state index is 13.7. The van der Waals surface area contributed by atoms with Crippen LogP contribution in [0.1, 0.15) is 12.8 Å². The lowest BCUT2D eigenvalue weighted by molar-refractivity contribution is 0.122. The van der Waals surface area contributed by atoms with Gasteiger partial charge in [-0.2, -0.15) is 0 Å². The number of hydrogen-bond donors (Lipinski definition) is 2. The highest BCUT2D eigenvalue weighted by Gasteiger charge is 2.38. The number of nitrogens with one attached hydrogen (secondary N) is 2. The normalized spacial score (nSPS) is 13.0. The summed E-state index contributed by atoms with van der Waals surface area (Å²) in [5.41, 5.74) is 0. The predicted octanol–water partition coefficient (Wildman–Crippen LogP) is 2.22. The summed E-state index contributed by atoms with van der Waals surface area (Å²) in [6, 6.07) is 10.6. The van der Waals surface area contributed by atoms with Crippen LogP contribution in [-0.4, -0.2) is 73.4 Å². The SMILES string of the molecule is CO[Si](CCCNP(=O)(NCCC[Si](OC)(OC)OC)c1ccccc1)(OC)OC. The second kappa shape index (κ2) is 13.9. The summed E-state index contributed by atoms with van der Waals surface area (Å²) in [4.78, 5) is 0. The highest BCUT2D eigenvalue weighted by Crippen LogP contribution is 2.35. The summed E-state index contributed by atoms with van der Waals surface area (Å²) in [5, 5.41) is 7.16. The van der Waals surface area contributed by atoms with Crippen LogP contribution >= 0.6 is 7.44 Å². The summed E-state index contributed by atoms with van der Waals surface area (Å²) in [6.45, 7) is 1.05. The van der Waals surface area contributed by atoms with Crippen LogP contribution in [-0.2, 0) is 31.1 Å². The van der Waals surface area contributed by atoms with Gasteiger partial charge in [0, 0.05) is 73.1 Å². The molecule has 0 fully saturated rings. The lowest BCUT2D eigenvalue weighted by atomic mass is 10.4. The van der Waals surface area contributed by atoms with Crippen molar-refractivity contribution in [3.63, 3.8) is 0 Å². The zero-order valence-corrected chi connectivity index (χ0v) is 21.8. The van der Waals surface area contributed by atoms with E-state index in [9.17, 15) is 4.57 Å². The number of rotatable bonds is 17. The predicted molar refractivity (Wildman–Crippen MR) is 122 cm³/mol. The van der Waals surface area contributed by atoms with Crippen LogP contribution in [0.2, 0.25) is 12.1 Å². The van der Waals surface area contributed by atoms with E-state index < -0.39 is 25.1 Å². The molecule has 174 valence electrons. The Bertz CT molecular complexity index is 586. The topological polar surface area (TPSA) is 96.5 Å². The molecule has 0 spiro atoms. The van der Waals surface area contributed by atoms with Gasteiger partial charge in [-0.3, -0.25) is 14.7 Å². The molecular weight excluding hydrogens is 443 g/mol. The molecule has 0 radical (unpaired) electrons. The third-order valence-corrected chi connectivity index (χ3v) is 13.0. The van der Waals surface area contributed by atoms with E-state index in [1.807, 2.05) is 30.3 Å². The van der Waals surface area contributed by atoms with Crippen LogP contribution in [0.4, 0.5) is 0 Å². The van der Waals surface area contributed by atoms with Gasteiger partial charge in [0.2, 0.25) is 7.44 Å². The Morgan fingerprint density at radius 3 is 1.40 bits per heavy atom. The van der Waals surface area contributed by atoms with E-state index in [1.165, 1.54) is 0 Å². The maximum atomic E-state index is 13.7. The minimum absolute atomic E-state index is 0.525. The molecule has 2 N–H and O–H groups in total. The fourth-order valence-corrected chi connectivity index (χ4v) is 8.53. The first-order valence-electron chi connectivity index (χ1n) is 9.85. The Hall–Kier alpha value is -0.436. The van der Waals surface area contributed by atoms with Crippen LogP contribution < -0.4 is 15.5 Å². The first-order valence-corrected chi connectivity index (χ1v) is 15.4. The molecule has 0 aliphatic heterocycles. The van der Waals surface area contributed by atoms with Crippen molar-refractivity contribution in [2.24, 2.45) is 0 Å². The first kappa shape index (κ1) is 27.6. The lowest BCUT2D eigenvalue weighted by Crippen LogP contribution is -2.43. The van der Waals surface area contributed by atoms with Crippen LogP contribution in [0.25, 0.3) is 0 Å². The molecule has 30 heavy (non-hydrogen) atoms. The molecule has 12 heteroatoms. The number of benzene rings is 1. The van der Waals surface area contributed by atoms with E-state index in [0.29, 0.717) is 38.0 Å². The van der Waals surface area contributed by atoms with Gasteiger partial charge < -0.3 is 26.6 Å². The summed E-state index contributed by atoms with van der Waals surface area (Å²) >= 11 is 0.